The van der Waals surface area contributed by atoms with E-state index < -0.39 is 0 Å². The fourth-order valence-corrected chi connectivity index (χ4v) is 4.14. The monoisotopic (exact) mass is 374 g/mol. The minimum absolute atomic E-state index is 0.545. The third-order valence-corrected chi connectivity index (χ3v) is 6.01. The molecule has 0 saturated heterocycles. The van der Waals surface area contributed by atoms with E-state index in [4.69, 9.17) is 4.74 Å². The molecule has 1 fully saturated rings. The lowest BCUT2D eigenvalue weighted by molar-refractivity contribution is 0.383. The second-order valence-corrected chi connectivity index (χ2v) is 8.10. The first-order valence-corrected chi connectivity index (χ1v) is 11.0. The van der Waals surface area contributed by atoms with Gasteiger partial charge in [0, 0.05) is 11.5 Å². The third-order valence-electron chi connectivity index (χ3n) is 6.01. The van der Waals surface area contributed by atoms with Crippen molar-refractivity contribution in [1.82, 2.24) is 0 Å². The van der Waals surface area contributed by atoms with E-state index >= 15 is 0 Å². The maximum absolute atomic E-state index is 5.27. The Morgan fingerprint density at radius 2 is 1.57 bits per heavy atom. The van der Waals surface area contributed by atoms with Gasteiger partial charge in [-0.05, 0) is 79.8 Å². The molecule has 0 heterocycles. The fourth-order valence-electron chi connectivity index (χ4n) is 4.14. The average Bonchev–Trinajstić information content (AvgIpc) is 2.76. The van der Waals surface area contributed by atoms with Crippen LogP contribution in [0.1, 0.15) is 80.9 Å². The van der Waals surface area contributed by atoms with Crippen LogP contribution in [-0.4, -0.2) is 7.11 Å². The molecule has 0 atom stereocenters. The molecule has 1 saturated carbocycles. The van der Waals surface area contributed by atoms with Crippen LogP contribution in [0.5, 0.6) is 5.75 Å². The third kappa shape index (κ3) is 6.16. The van der Waals surface area contributed by atoms with Gasteiger partial charge in [-0.25, -0.2) is 0 Å². The second-order valence-electron chi connectivity index (χ2n) is 8.10. The summed E-state index contributed by atoms with van der Waals surface area (Å²) >= 11 is 0. The lowest BCUT2D eigenvalue weighted by Crippen LogP contribution is -2.12. The van der Waals surface area contributed by atoms with Gasteiger partial charge in [0.25, 0.3) is 0 Å². The summed E-state index contributed by atoms with van der Waals surface area (Å²) in [6.45, 7) is 2.26. The molecule has 3 rings (SSSR count). The maximum Gasteiger partial charge on any atom is 0.118 e. The van der Waals surface area contributed by atoms with E-state index in [0.29, 0.717) is 11.8 Å². The lowest BCUT2D eigenvalue weighted by atomic mass is 9.79. The topological polar surface area (TPSA) is 9.23 Å². The van der Waals surface area contributed by atoms with Gasteiger partial charge >= 0.3 is 0 Å². The van der Waals surface area contributed by atoms with Gasteiger partial charge in [-0.1, -0.05) is 62.3 Å². The zero-order chi connectivity index (χ0) is 19.6. The summed E-state index contributed by atoms with van der Waals surface area (Å²) in [5.74, 6) is 9.12. The van der Waals surface area contributed by atoms with Crippen molar-refractivity contribution in [3.05, 3.63) is 65.2 Å². The van der Waals surface area contributed by atoms with E-state index in [1.54, 1.807) is 7.11 Å². The molecule has 2 aromatic rings. The molecule has 0 unspecified atom stereocenters. The molecule has 1 nitrogen and oxygen atoms in total. The molecule has 0 bridgehead atoms. The van der Waals surface area contributed by atoms with Gasteiger partial charge < -0.3 is 4.74 Å². The summed E-state index contributed by atoms with van der Waals surface area (Å²) in [4.78, 5) is 0. The van der Waals surface area contributed by atoms with E-state index in [1.165, 1.54) is 68.9 Å². The highest BCUT2D eigenvalue weighted by Crippen LogP contribution is 2.36. The lowest BCUT2D eigenvalue weighted by Gasteiger charge is -2.26. The van der Waals surface area contributed by atoms with Crippen LogP contribution in [-0.2, 0) is 6.42 Å². The quantitative estimate of drug-likeness (QED) is 0.369. The predicted molar refractivity (Wildman–Crippen MR) is 119 cm³/mol. The van der Waals surface area contributed by atoms with Crippen molar-refractivity contribution < 1.29 is 4.74 Å². The number of unbranched alkanes of at least 4 members (excludes halogenated alkanes) is 3. The first-order chi connectivity index (χ1) is 13.8. The Morgan fingerprint density at radius 3 is 2.21 bits per heavy atom. The summed E-state index contributed by atoms with van der Waals surface area (Å²) in [7, 11) is 1.72. The van der Waals surface area contributed by atoms with E-state index in [9.17, 15) is 0 Å². The fraction of sp³-hybridized carbons (Fsp3) is 0.481. The highest BCUT2D eigenvalue weighted by Gasteiger charge is 2.21. The van der Waals surface area contributed by atoms with Gasteiger partial charge in [-0.15, -0.1) is 0 Å². The van der Waals surface area contributed by atoms with Crippen molar-refractivity contribution in [2.75, 3.05) is 7.11 Å². The van der Waals surface area contributed by atoms with Gasteiger partial charge in [0.2, 0.25) is 0 Å². The molecular weight excluding hydrogens is 340 g/mol. The second kappa shape index (κ2) is 11.0. The molecule has 0 spiro atoms. The molecule has 28 heavy (non-hydrogen) atoms. The zero-order valence-electron chi connectivity index (χ0n) is 17.5. The van der Waals surface area contributed by atoms with Gasteiger partial charge in [0.1, 0.15) is 5.75 Å². The standard InChI is InChI=1S/C27H34O/c1-3-4-5-6-7-22-8-10-23(11-9-22)12-13-24-14-16-25(17-15-24)26-18-20-27(28-2)21-19-26/h8-11,18-21,24-25H,3-7,14-17H2,1-2H3/t24-,25-. The number of benzene rings is 2. The number of rotatable bonds is 7. The van der Waals surface area contributed by atoms with Crippen LogP contribution in [0.4, 0.5) is 0 Å². The Labute approximate surface area is 171 Å². The van der Waals surface area contributed by atoms with Crippen LogP contribution in [0.15, 0.2) is 48.5 Å². The summed E-state index contributed by atoms with van der Waals surface area (Å²) in [5, 5.41) is 0. The molecule has 0 aliphatic heterocycles. The van der Waals surface area contributed by atoms with Crippen molar-refractivity contribution in [1.29, 1.82) is 0 Å². The average molecular weight is 375 g/mol. The summed E-state index contributed by atoms with van der Waals surface area (Å²) in [6.07, 6.45) is 11.4. The predicted octanol–water partition coefficient (Wildman–Crippen LogP) is 7.14. The Kier molecular flexibility index (Phi) is 8.04. The van der Waals surface area contributed by atoms with Crippen LogP contribution in [0, 0.1) is 17.8 Å². The Hall–Kier alpha value is -2.20. The molecule has 1 heteroatoms. The van der Waals surface area contributed by atoms with Gasteiger partial charge in [-0.3, -0.25) is 0 Å². The normalized spacial score (nSPS) is 18.9. The van der Waals surface area contributed by atoms with Crippen LogP contribution < -0.4 is 4.74 Å². The highest BCUT2D eigenvalue weighted by molar-refractivity contribution is 5.37. The van der Waals surface area contributed by atoms with Crippen molar-refractivity contribution in [2.24, 2.45) is 5.92 Å². The highest BCUT2D eigenvalue weighted by atomic mass is 16.5. The first kappa shape index (κ1) is 20.5. The van der Waals surface area contributed by atoms with Gasteiger partial charge in [-0.2, -0.15) is 0 Å². The summed E-state index contributed by atoms with van der Waals surface area (Å²) < 4.78 is 5.27. The summed E-state index contributed by atoms with van der Waals surface area (Å²) in [6, 6.07) is 17.5. The van der Waals surface area contributed by atoms with Gasteiger partial charge in [0.15, 0.2) is 0 Å². The van der Waals surface area contributed by atoms with Crippen molar-refractivity contribution >= 4 is 0 Å². The molecule has 0 aromatic heterocycles. The number of hydrogen-bond donors (Lipinski definition) is 0. The molecular formula is C27H34O. The zero-order valence-corrected chi connectivity index (χ0v) is 17.5. The van der Waals surface area contributed by atoms with Crippen molar-refractivity contribution in [3.8, 4) is 17.6 Å². The molecule has 0 amide bonds. The van der Waals surface area contributed by atoms with Crippen LogP contribution >= 0.6 is 0 Å². The SMILES string of the molecule is CCCCCCc1ccc(C#C[C@H]2CC[C@H](c3ccc(OC)cc3)CC2)cc1. The molecule has 0 N–H and O–H groups in total. The molecule has 1 aliphatic rings. The number of ether oxygens (including phenoxy) is 1. The van der Waals surface area contributed by atoms with E-state index in [-0.39, 0.29) is 0 Å². The minimum Gasteiger partial charge on any atom is -0.497 e. The molecule has 148 valence electrons. The van der Waals surface area contributed by atoms with Crippen molar-refractivity contribution in [2.45, 2.75) is 70.6 Å². The van der Waals surface area contributed by atoms with Crippen LogP contribution in [0.3, 0.4) is 0 Å². The van der Waals surface area contributed by atoms with Gasteiger partial charge in [0.05, 0.1) is 7.11 Å². The molecule has 0 radical (unpaired) electrons. The largest absolute Gasteiger partial charge is 0.497 e. The molecule has 1 aliphatic carbocycles. The molecule has 2 aromatic carbocycles. The van der Waals surface area contributed by atoms with E-state index in [2.05, 4.69) is 67.3 Å². The van der Waals surface area contributed by atoms with E-state index in [1.807, 2.05) is 0 Å². The Morgan fingerprint density at radius 1 is 0.857 bits per heavy atom. The number of aryl methyl sites for hydroxylation is 1. The van der Waals surface area contributed by atoms with Crippen LogP contribution in [0.2, 0.25) is 0 Å². The number of methoxy groups -OCH3 is 1. The summed E-state index contributed by atoms with van der Waals surface area (Å²) in [5.41, 5.74) is 4.05. The minimum atomic E-state index is 0.545. The first-order valence-electron chi connectivity index (χ1n) is 11.0. The van der Waals surface area contributed by atoms with E-state index in [0.717, 1.165) is 11.3 Å². The maximum atomic E-state index is 5.27. The smallest absolute Gasteiger partial charge is 0.118 e. The number of hydrogen-bond acceptors (Lipinski definition) is 1. The Balaban J connectivity index is 1.46. The van der Waals surface area contributed by atoms with Crippen LogP contribution in [0.25, 0.3) is 0 Å². The van der Waals surface area contributed by atoms with Crippen molar-refractivity contribution in [3.63, 3.8) is 0 Å². The Bertz CT molecular complexity index is 753.